The molecule has 6 rings (SSSR count). The minimum Gasteiger partial charge on any atom is -0.388 e. The van der Waals surface area contributed by atoms with Crippen LogP contribution >= 0.6 is 23.4 Å². The first-order chi connectivity index (χ1) is 19.9. The second-order valence-corrected chi connectivity index (χ2v) is 12.3. The number of hydrogen-bond donors (Lipinski definition) is 4. The SMILES string of the molecule is O=C(CSc1ccccc1)NC[C@H]1O[C@@H](n2cc(Cc3ccc(C4CC4)cc3)c3c(Cl)cccc32)[C@H](O)[C@@H](O)[C@@H]1O. The number of rotatable bonds is 9. The van der Waals surface area contributed by atoms with E-state index in [0.29, 0.717) is 17.4 Å². The van der Waals surface area contributed by atoms with Gasteiger partial charge in [0.1, 0.15) is 24.4 Å². The highest BCUT2D eigenvalue weighted by atomic mass is 35.5. The second kappa shape index (κ2) is 12.2. The standard InChI is InChI=1S/C32H33ClN2O5S/c33-24-7-4-8-25-28(24)22(15-19-9-11-20(12-10-19)21-13-14-21)17-35(25)32-31(39)30(38)29(37)26(40-32)16-34-27(36)18-41-23-5-2-1-3-6-23/h1-12,17,21,26,29-32,37-39H,13-16,18H2,(H,34,36)/t26-,29-,30+,31-,32-/m1/s1. The Bertz CT molecular complexity index is 1510. The van der Waals surface area contributed by atoms with E-state index in [-0.39, 0.29) is 18.2 Å². The Morgan fingerprint density at radius 3 is 2.44 bits per heavy atom. The summed E-state index contributed by atoms with van der Waals surface area (Å²) in [5.74, 6) is 0.667. The van der Waals surface area contributed by atoms with Crippen molar-refractivity contribution in [2.24, 2.45) is 0 Å². The molecule has 1 saturated carbocycles. The van der Waals surface area contributed by atoms with Crippen LogP contribution in [0.1, 0.15) is 41.7 Å². The van der Waals surface area contributed by atoms with Crippen LogP contribution in [0.2, 0.25) is 5.02 Å². The molecule has 2 aliphatic rings. The van der Waals surface area contributed by atoms with Gasteiger partial charge in [0.25, 0.3) is 0 Å². The highest BCUT2D eigenvalue weighted by Gasteiger charge is 2.45. The van der Waals surface area contributed by atoms with E-state index in [4.69, 9.17) is 16.3 Å². The van der Waals surface area contributed by atoms with Crippen molar-refractivity contribution in [3.63, 3.8) is 0 Å². The molecule has 1 aromatic heterocycles. The van der Waals surface area contributed by atoms with E-state index in [1.807, 2.05) is 54.7 Å². The Morgan fingerprint density at radius 2 is 1.71 bits per heavy atom. The molecule has 1 aliphatic heterocycles. The second-order valence-electron chi connectivity index (χ2n) is 10.8. The van der Waals surface area contributed by atoms with Crippen molar-refractivity contribution in [2.75, 3.05) is 12.3 Å². The van der Waals surface area contributed by atoms with E-state index >= 15 is 0 Å². The molecule has 1 amide bonds. The van der Waals surface area contributed by atoms with Gasteiger partial charge in [-0.1, -0.05) is 60.1 Å². The van der Waals surface area contributed by atoms with Gasteiger partial charge in [0.05, 0.1) is 16.3 Å². The first-order valence-electron chi connectivity index (χ1n) is 13.9. The zero-order valence-corrected chi connectivity index (χ0v) is 24.0. The van der Waals surface area contributed by atoms with Crippen LogP contribution in [-0.2, 0) is 16.0 Å². The minimum atomic E-state index is -1.47. The predicted octanol–water partition coefficient (Wildman–Crippen LogP) is 4.65. The number of aliphatic hydroxyl groups excluding tert-OH is 3. The van der Waals surface area contributed by atoms with E-state index in [1.165, 1.54) is 30.2 Å². The molecule has 214 valence electrons. The minimum absolute atomic E-state index is 0.0181. The Morgan fingerprint density at radius 1 is 0.951 bits per heavy atom. The summed E-state index contributed by atoms with van der Waals surface area (Å²) < 4.78 is 7.95. The molecule has 2 heterocycles. The summed E-state index contributed by atoms with van der Waals surface area (Å²) in [6.07, 6.45) is -1.14. The summed E-state index contributed by atoms with van der Waals surface area (Å²) >= 11 is 8.08. The van der Waals surface area contributed by atoms with Gasteiger partial charge in [0, 0.05) is 23.0 Å². The van der Waals surface area contributed by atoms with Gasteiger partial charge < -0.3 is 29.9 Å². The summed E-state index contributed by atoms with van der Waals surface area (Å²) in [6.45, 7) is -0.0181. The fourth-order valence-corrected chi connectivity index (χ4v) is 6.54. The normalized spacial score (nSPS) is 24.4. The van der Waals surface area contributed by atoms with E-state index < -0.39 is 30.6 Å². The van der Waals surface area contributed by atoms with Gasteiger partial charge in [-0.3, -0.25) is 4.79 Å². The first kappa shape index (κ1) is 28.3. The number of nitrogens with one attached hydrogen (secondary N) is 1. The molecule has 1 aliphatic carbocycles. The van der Waals surface area contributed by atoms with Crippen molar-refractivity contribution < 1.29 is 24.9 Å². The first-order valence-corrected chi connectivity index (χ1v) is 15.3. The van der Waals surface area contributed by atoms with Crippen molar-refractivity contribution in [2.45, 2.75) is 60.7 Å². The van der Waals surface area contributed by atoms with Crippen molar-refractivity contribution >= 4 is 40.2 Å². The van der Waals surface area contributed by atoms with Gasteiger partial charge in [-0.05, 0) is 66.1 Å². The number of fused-ring (bicyclic) bond motifs is 1. The topological polar surface area (TPSA) is 104 Å². The molecule has 0 bridgehead atoms. The Kier molecular flexibility index (Phi) is 8.40. The number of benzene rings is 3. The van der Waals surface area contributed by atoms with Crippen LogP contribution < -0.4 is 5.32 Å². The Hall–Kier alpha value is -2.85. The van der Waals surface area contributed by atoms with Gasteiger partial charge in [-0.15, -0.1) is 11.8 Å². The Balaban J connectivity index is 1.20. The molecular formula is C32H33ClN2O5S. The van der Waals surface area contributed by atoms with E-state index in [2.05, 4.69) is 29.6 Å². The highest BCUT2D eigenvalue weighted by molar-refractivity contribution is 8.00. The lowest BCUT2D eigenvalue weighted by Gasteiger charge is -2.41. The molecule has 4 N–H and O–H groups in total. The lowest BCUT2D eigenvalue weighted by molar-refractivity contribution is -0.242. The number of aliphatic hydroxyl groups is 3. The van der Waals surface area contributed by atoms with E-state index in [9.17, 15) is 20.1 Å². The van der Waals surface area contributed by atoms with Crippen LogP contribution in [0.3, 0.4) is 0 Å². The zero-order valence-electron chi connectivity index (χ0n) is 22.4. The number of amides is 1. The fourth-order valence-electron chi connectivity index (χ4n) is 5.50. The summed E-state index contributed by atoms with van der Waals surface area (Å²) in [6, 6.07) is 23.8. The number of nitrogens with zero attached hydrogens (tertiary/aromatic N) is 1. The predicted molar refractivity (Wildman–Crippen MR) is 160 cm³/mol. The average Bonchev–Trinajstić information content (AvgIpc) is 3.78. The summed E-state index contributed by atoms with van der Waals surface area (Å²) in [4.78, 5) is 13.5. The third-order valence-corrected chi connectivity index (χ3v) is 9.21. The number of aromatic nitrogens is 1. The number of hydrogen-bond acceptors (Lipinski definition) is 6. The van der Waals surface area contributed by atoms with Crippen molar-refractivity contribution in [1.29, 1.82) is 0 Å². The maximum atomic E-state index is 12.5. The molecule has 0 spiro atoms. The third kappa shape index (κ3) is 6.18. The molecule has 5 atom stereocenters. The third-order valence-electron chi connectivity index (χ3n) is 7.88. The van der Waals surface area contributed by atoms with Gasteiger partial charge in [-0.25, -0.2) is 0 Å². The number of carbonyl (C=O) groups excluding carboxylic acids is 1. The molecule has 7 nitrogen and oxygen atoms in total. The molecule has 9 heteroatoms. The van der Waals surface area contributed by atoms with Crippen molar-refractivity contribution in [1.82, 2.24) is 9.88 Å². The molecule has 4 aromatic rings. The van der Waals surface area contributed by atoms with Gasteiger partial charge in [0.2, 0.25) is 5.91 Å². The van der Waals surface area contributed by atoms with Crippen LogP contribution in [0.25, 0.3) is 10.9 Å². The number of halogens is 1. The average molecular weight is 593 g/mol. The smallest absolute Gasteiger partial charge is 0.230 e. The molecule has 1 saturated heterocycles. The van der Waals surface area contributed by atoms with Crippen LogP contribution in [0.15, 0.2) is 83.9 Å². The van der Waals surface area contributed by atoms with Crippen LogP contribution in [0.4, 0.5) is 0 Å². The fraction of sp³-hybridized carbons (Fsp3) is 0.344. The largest absolute Gasteiger partial charge is 0.388 e. The molecule has 0 radical (unpaired) electrons. The lowest BCUT2D eigenvalue weighted by atomic mass is 9.97. The van der Waals surface area contributed by atoms with Gasteiger partial charge >= 0.3 is 0 Å². The maximum absolute atomic E-state index is 12.5. The van der Waals surface area contributed by atoms with E-state index in [1.54, 1.807) is 4.57 Å². The summed E-state index contributed by atoms with van der Waals surface area (Å²) in [5.41, 5.74) is 4.22. The van der Waals surface area contributed by atoms with Gasteiger partial charge in [0.15, 0.2) is 6.23 Å². The monoisotopic (exact) mass is 592 g/mol. The molecule has 41 heavy (non-hydrogen) atoms. The van der Waals surface area contributed by atoms with Crippen LogP contribution in [0.5, 0.6) is 0 Å². The van der Waals surface area contributed by atoms with Crippen molar-refractivity contribution in [3.05, 3.63) is 101 Å². The highest BCUT2D eigenvalue weighted by Crippen LogP contribution is 2.40. The lowest BCUT2D eigenvalue weighted by Crippen LogP contribution is -2.58. The Labute approximate surface area is 248 Å². The number of ether oxygens (including phenoxy) is 1. The van der Waals surface area contributed by atoms with Crippen molar-refractivity contribution in [3.8, 4) is 0 Å². The number of carbonyl (C=O) groups is 1. The number of thioether (sulfide) groups is 1. The van der Waals surface area contributed by atoms with Crippen LogP contribution in [0, 0.1) is 0 Å². The van der Waals surface area contributed by atoms with Gasteiger partial charge in [-0.2, -0.15) is 0 Å². The quantitative estimate of drug-likeness (QED) is 0.211. The molecule has 0 unspecified atom stereocenters. The molecule has 2 fully saturated rings. The van der Waals surface area contributed by atoms with E-state index in [0.717, 1.165) is 26.9 Å². The molecular weight excluding hydrogens is 560 g/mol. The molecule has 3 aromatic carbocycles. The maximum Gasteiger partial charge on any atom is 0.230 e. The zero-order chi connectivity index (χ0) is 28.5. The summed E-state index contributed by atoms with van der Waals surface area (Å²) in [7, 11) is 0. The van der Waals surface area contributed by atoms with Crippen LogP contribution in [-0.4, -0.2) is 62.5 Å². The summed E-state index contributed by atoms with van der Waals surface area (Å²) in [5, 5.41) is 36.7.